The number of piperidine rings is 1. The van der Waals surface area contributed by atoms with Gasteiger partial charge in [-0.15, -0.1) is 0 Å². The Bertz CT molecular complexity index is 164. The van der Waals surface area contributed by atoms with E-state index < -0.39 is 0 Å². The van der Waals surface area contributed by atoms with Crippen LogP contribution in [0.4, 0.5) is 0 Å². The lowest BCUT2D eigenvalue weighted by Crippen LogP contribution is -2.45. The van der Waals surface area contributed by atoms with Crippen molar-refractivity contribution in [2.45, 2.75) is 51.0 Å². The Hall–Kier alpha value is -0.0800. The molecule has 82 valence electrons. The summed E-state index contributed by atoms with van der Waals surface area (Å²) in [6.45, 7) is 2.29. The van der Waals surface area contributed by atoms with Crippen molar-refractivity contribution in [3.8, 4) is 0 Å². The third kappa shape index (κ3) is 2.71. The lowest BCUT2D eigenvalue weighted by molar-refractivity contribution is 0.232. The van der Waals surface area contributed by atoms with Gasteiger partial charge in [0.15, 0.2) is 0 Å². The summed E-state index contributed by atoms with van der Waals surface area (Å²) in [4.78, 5) is 0. The van der Waals surface area contributed by atoms with E-state index in [0.29, 0.717) is 6.04 Å². The molecule has 0 aromatic heterocycles. The molecule has 2 rings (SSSR count). The van der Waals surface area contributed by atoms with E-state index in [-0.39, 0.29) is 0 Å². The molecule has 1 saturated heterocycles. The van der Waals surface area contributed by atoms with Gasteiger partial charge < -0.3 is 11.1 Å². The highest BCUT2D eigenvalue weighted by Gasteiger charge is 2.25. The quantitative estimate of drug-likeness (QED) is 0.708. The maximum Gasteiger partial charge on any atom is 0.00914 e. The van der Waals surface area contributed by atoms with Crippen molar-refractivity contribution in [1.29, 1.82) is 0 Å². The van der Waals surface area contributed by atoms with Crippen molar-refractivity contribution in [2.24, 2.45) is 17.6 Å². The van der Waals surface area contributed by atoms with E-state index in [9.17, 15) is 0 Å². The van der Waals surface area contributed by atoms with Gasteiger partial charge in [0.25, 0.3) is 0 Å². The molecule has 2 aliphatic rings. The van der Waals surface area contributed by atoms with E-state index in [0.717, 1.165) is 24.9 Å². The maximum absolute atomic E-state index is 6.16. The van der Waals surface area contributed by atoms with E-state index in [1.165, 1.54) is 44.9 Å². The summed E-state index contributed by atoms with van der Waals surface area (Å²) in [6, 6.07) is 0.471. The summed E-state index contributed by atoms with van der Waals surface area (Å²) in [6.07, 6.45) is 9.86. The Morgan fingerprint density at radius 2 is 1.86 bits per heavy atom. The number of rotatable bonds is 2. The first-order valence-electron chi connectivity index (χ1n) is 6.32. The van der Waals surface area contributed by atoms with Crippen molar-refractivity contribution in [3.63, 3.8) is 0 Å². The van der Waals surface area contributed by atoms with Crippen molar-refractivity contribution < 1.29 is 0 Å². The first-order chi connectivity index (χ1) is 6.86. The van der Waals surface area contributed by atoms with Gasteiger partial charge >= 0.3 is 0 Å². The number of hydrogen-bond acceptors (Lipinski definition) is 2. The van der Waals surface area contributed by atoms with Crippen molar-refractivity contribution in [2.75, 3.05) is 13.1 Å². The molecule has 1 aliphatic heterocycles. The van der Waals surface area contributed by atoms with Gasteiger partial charge in [0, 0.05) is 6.04 Å². The first-order valence-corrected chi connectivity index (χ1v) is 6.32. The van der Waals surface area contributed by atoms with Gasteiger partial charge in [0.1, 0.15) is 0 Å². The van der Waals surface area contributed by atoms with E-state index in [1.54, 1.807) is 0 Å². The van der Waals surface area contributed by atoms with E-state index in [1.807, 2.05) is 0 Å². The van der Waals surface area contributed by atoms with Crippen LogP contribution < -0.4 is 11.1 Å². The second-order valence-electron chi connectivity index (χ2n) is 5.16. The van der Waals surface area contributed by atoms with Crippen LogP contribution in [0, 0.1) is 11.8 Å². The average molecular weight is 196 g/mol. The molecular weight excluding hydrogens is 172 g/mol. The van der Waals surface area contributed by atoms with Crippen LogP contribution >= 0.6 is 0 Å². The topological polar surface area (TPSA) is 38.0 Å². The lowest BCUT2D eigenvalue weighted by atomic mass is 9.79. The SMILES string of the molecule is NC1CCNCC1CC1CCCCC1. The molecule has 0 radical (unpaired) electrons. The zero-order valence-electron chi connectivity index (χ0n) is 9.17. The van der Waals surface area contributed by atoms with Crippen LogP contribution in [0.15, 0.2) is 0 Å². The summed E-state index contributed by atoms with van der Waals surface area (Å²) < 4.78 is 0. The molecular formula is C12H24N2. The van der Waals surface area contributed by atoms with E-state index >= 15 is 0 Å². The molecule has 0 amide bonds. The average Bonchev–Trinajstić information content (AvgIpc) is 2.23. The number of nitrogens with one attached hydrogen (secondary N) is 1. The number of nitrogens with two attached hydrogens (primary N) is 1. The van der Waals surface area contributed by atoms with E-state index in [4.69, 9.17) is 5.73 Å². The zero-order chi connectivity index (χ0) is 9.80. The van der Waals surface area contributed by atoms with E-state index in [2.05, 4.69) is 5.32 Å². The van der Waals surface area contributed by atoms with Gasteiger partial charge in [0.2, 0.25) is 0 Å². The predicted molar refractivity (Wildman–Crippen MR) is 60.1 cm³/mol. The minimum absolute atomic E-state index is 0.471. The Labute approximate surface area is 87.6 Å². The highest BCUT2D eigenvalue weighted by molar-refractivity contribution is 4.83. The summed E-state index contributed by atoms with van der Waals surface area (Å²) in [7, 11) is 0. The second kappa shape index (κ2) is 5.13. The molecule has 1 heterocycles. The first kappa shape index (κ1) is 10.4. The minimum Gasteiger partial charge on any atom is -0.327 e. The normalized spacial score (nSPS) is 35.8. The minimum atomic E-state index is 0.471. The fourth-order valence-electron chi connectivity index (χ4n) is 3.05. The Morgan fingerprint density at radius 3 is 2.57 bits per heavy atom. The largest absolute Gasteiger partial charge is 0.327 e. The predicted octanol–water partition coefficient (Wildman–Crippen LogP) is 1.89. The van der Waals surface area contributed by atoms with Crippen LogP contribution in [0.5, 0.6) is 0 Å². The third-order valence-electron chi connectivity index (χ3n) is 4.03. The molecule has 2 atom stereocenters. The summed E-state index contributed by atoms with van der Waals surface area (Å²) in [5.41, 5.74) is 6.16. The smallest absolute Gasteiger partial charge is 0.00914 e. The molecule has 1 saturated carbocycles. The monoisotopic (exact) mass is 196 g/mol. The van der Waals surface area contributed by atoms with Gasteiger partial charge in [-0.3, -0.25) is 0 Å². The summed E-state index contributed by atoms with van der Waals surface area (Å²) in [5.74, 6) is 1.74. The molecule has 3 N–H and O–H groups in total. The van der Waals surface area contributed by atoms with Gasteiger partial charge in [-0.05, 0) is 37.8 Å². The van der Waals surface area contributed by atoms with Crippen LogP contribution in [0.2, 0.25) is 0 Å². The molecule has 0 aromatic rings. The highest BCUT2D eigenvalue weighted by atomic mass is 14.9. The zero-order valence-corrected chi connectivity index (χ0v) is 9.17. The molecule has 2 heteroatoms. The highest BCUT2D eigenvalue weighted by Crippen LogP contribution is 2.30. The molecule has 0 spiro atoms. The Morgan fingerprint density at radius 1 is 1.07 bits per heavy atom. The Balaban J connectivity index is 1.76. The third-order valence-corrected chi connectivity index (χ3v) is 4.03. The van der Waals surface area contributed by atoms with Gasteiger partial charge in [-0.1, -0.05) is 32.1 Å². The summed E-state index contributed by atoms with van der Waals surface area (Å²) >= 11 is 0. The molecule has 0 bridgehead atoms. The fraction of sp³-hybridized carbons (Fsp3) is 1.00. The molecule has 2 nitrogen and oxygen atoms in total. The molecule has 0 aromatic carbocycles. The second-order valence-corrected chi connectivity index (χ2v) is 5.16. The van der Waals surface area contributed by atoms with Crippen LogP contribution in [0.3, 0.4) is 0 Å². The molecule has 14 heavy (non-hydrogen) atoms. The van der Waals surface area contributed by atoms with Crippen molar-refractivity contribution in [3.05, 3.63) is 0 Å². The van der Waals surface area contributed by atoms with Gasteiger partial charge in [-0.25, -0.2) is 0 Å². The van der Waals surface area contributed by atoms with Gasteiger partial charge in [0.05, 0.1) is 0 Å². The lowest BCUT2D eigenvalue weighted by Gasteiger charge is -2.33. The molecule has 2 unspecified atom stereocenters. The van der Waals surface area contributed by atoms with Crippen molar-refractivity contribution >= 4 is 0 Å². The van der Waals surface area contributed by atoms with Crippen LogP contribution in [0.1, 0.15) is 44.9 Å². The maximum atomic E-state index is 6.16. The fourth-order valence-corrected chi connectivity index (χ4v) is 3.05. The standard InChI is InChI=1S/C12H24N2/c13-12-6-7-14-9-11(12)8-10-4-2-1-3-5-10/h10-12,14H,1-9,13H2. The van der Waals surface area contributed by atoms with Crippen LogP contribution in [0.25, 0.3) is 0 Å². The van der Waals surface area contributed by atoms with Crippen LogP contribution in [-0.4, -0.2) is 19.1 Å². The molecule has 1 aliphatic carbocycles. The summed E-state index contributed by atoms with van der Waals surface area (Å²) in [5, 5.41) is 3.47. The molecule has 2 fully saturated rings. The Kier molecular flexibility index (Phi) is 3.82. The van der Waals surface area contributed by atoms with Crippen LogP contribution in [-0.2, 0) is 0 Å². The van der Waals surface area contributed by atoms with Crippen molar-refractivity contribution in [1.82, 2.24) is 5.32 Å². The van der Waals surface area contributed by atoms with Gasteiger partial charge in [-0.2, -0.15) is 0 Å². The number of hydrogen-bond donors (Lipinski definition) is 2.